The van der Waals surface area contributed by atoms with Crippen molar-refractivity contribution in [2.45, 2.75) is 6.92 Å². The Hall–Kier alpha value is -1.70. The number of aryl methyl sites for hydroxylation is 1. The van der Waals surface area contributed by atoms with Gasteiger partial charge in [-0.1, -0.05) is 12.1 Å². The molecule has 14 heavy (non-hydrogen) atoms. The average Bonchev–Trinajstić information content (AvgIpc) is 2.65. The summed E-state index contributed by atoms with van der Waals surface area (Å²) in [7, 11) is 1.68. The Morgan fingerprint density at radius 2 is 2.07 bits per heavy atom. The highest BCUT2D eigenvalue weighted by Gasteiger charge is 2.00. The van der Waals surface area contributed by atoms with Crippen LogP contribution in [0.25, 0.3) is 11.3 Å². The van der Waals surface area contributed by atoms with Crippen LogP contribution < -0.4 is 4.74 Å². The van der Waals surface area contributed by atoms with Crippen LogP contribution in [-0.4, -0.2) is 12.1 Å². The molecular formula is C12H13NO. The van der Waals surface area contributed by atoms with E-state index in [1.807, 2.05) is 24.4 Å². The Bertz CT molecular complexity index is 431. The predicted molar refractivity (Wildman–Crippen MR) is 57.5 cm³/mol. The number of hydrogen-bond acceptors (Lipinski definition) is 1. The lowest BCUT2D eigenvalue weighted by Gasteiger charge is -2.01. The van der Waals surface area contributed by atoms with Gasteiger partial charge in [0.15, 0.2) is 0 Å². The fraction of sp³-hybridized carbons (Fsp3) is 0.167. The van der Waals surface area contributed by atoms with Gasteiger partial charge in [0.1, 0.15) is 5.75 Å². The zero-order chi connectivity index (χ0) is 9.97. The number of aromatic nitrogens is 1. The highest BCUT2D eigenvalue weighted by molar-refractivity contribution is 5.62. The van der Waals surface area contributed by atoms with E-state index >= 15 is 0 Å². The average molecular weight is 187 g/mol. The molecule has 0 aliphatic rings. The molecule has 0 amide bonds. The molecule has 0 aliphatic heterocycles. The van der Waals surface area contributed by atoms with Gasteiger partial charge in [0.05, 0.1) is 7.11 Å². The molecule has 72 valence electrons. The summed E-state index contributed by atoms with van der Waals surface area (Å²) < 4.78 is 5.17. The molecule has 1 aromatic heterocycles. The van der Waals surface area contributed by atoms with Crippen molar-refractivity contribution in [2.75, 3.05) is 7.11 Å². The maximum absolute atomic E-state index is 5.17. The standard InChI is InChI=1S/C12H13NO/c1-9-6-12(13-8-9)10-4-3-5-11(7-10)14-2/h3-8,13H,1-2H3. The maximum Gasteiger partial charge on any atom is 0.119 e. The molecule has 0 radical (unpaired) electrons. The van der Waals surface area contributed by atoms with Gasteiger partial charge in [-0.15, -0.1) is 0 Å². The third kappa shape index (κ3) is 1.64. The van der Waals surface area contributed by atoms with Gasteiger partial charge in [0.25, 0.3) is 0 Å². The van der Waals surface area contributed by atoms with Crippen LogP contribution in [0.3, 0.4) is 0 Å². The number of nitrogens with one attached hydrogen (secondary N) is 1. The van der Waals surface area contributed by atoms with E-state index in [9.17, 15) is 0 Å². The summed E-state index contributed by atoms with van der Waals surface area (Å²) in [6.07, 6.45) is 1.99. The van der Waals surface area contributed by atoms with Crippen LogP contribution >= 0.6 is 0 Å². The molecule has 0 aliphatic carbocycles. The van der Waals surface area contributed by atoms with Gasteiger partial charge in [-0.2, -0.15) is 0 Å². The molecule has 0 spiro atoms. The second-order valence-electron chi connectivity index (χ2n) is 3.32. The molecular weight excluding hydrogens is 174 g/mol. The van der Waals surface area contributed by atoms with Crippen molar-refractivity contribution in [2.24, 2.45) is 0 Å². The molecule has 1 heterocycles. The number of hydrogen-bond donors (Lipinski definition) is 1. The van der Waals surface area contributed by atoms with Crippen molar-refractivity contribution < 1.29 is 4.74 Å². The molecule has 0 unspecified atom stereocenters. The first kappa shape index (κ1) is 8.88. The molecule has 0 saturated heterocycles. The second-order valence-corrected chi connectivity index (χ2v) is 3.32. The third-order valence-corrected chi connectivity index (χ3v) is 2.21. The van der Waals surface area contributed by atoms with Crippen LogP contribution in [0.5, 0.6) is 5.75 Å². The molecule has 0 atom stereocenters. The van der Waals surface area contributed by atoms with Gasteiger partial charge >= 0.3 is 0 Å². The van der Waals surface area contributed by atoms with Gasteiger partial charge in [-0.05, 0) is 30.7 Å². The van der Waals surface area contributed by atoms with E-state index in [1.54, 1.807) is 7.11 Å². The summed E-state index contributed by atoms with van der Waals surface area (Å²) in [5.41, 5.74) is 3.52. The van der Waals surface area contributed by atoms with E-state index in [1.165, 1.54) is 5.56 Å². The predicted octanol–water partition coefficient (Wildman–Crippen LogP) is 3.00. The Balaban J connectivity index is 2.41. The van der Waals surface area contributed by atoms with Crippen molar-refractivity contribution in [1.82, 2.24) is 4.98 Å². The van der Waals surface area contributed by atoms with E-state index < -0.39 is 0 Å². The highest BCUT2D eigenvalue weighted by atomic mass is 16.5. The molecule has 2 rings (SSSR count). The van der Waals surface area contributed by atoms with Gasteiger partial charge in [0.2, 0.25) is 0 Å². The Kier molecular flexibility index (Phi) is 2.27. The maximum atomic E-state index is 5.17. The molecule has 2 nitrogen and oxygen atoms in total. The second kappa shape index (κ2) is 3.58. The van der Waals surface area contributed by atoms with Crippen molar-refractivity contribution >= 4 is 0 Å². The monoisotopic (exact) mass is 187 g/mol. The van der Waals surface area contributed by atoms with Crippen molar-refractivity contribution in [3.05, 3.63) is 42.1 Å². The fourth-order valence-corrected chi connectivity index (χ4v) is 1.46. The summed E-state index contributed by atoms with van der Waals surface area (Å²) in [5, 5.41) is 0. The van der Waals surface area contributed by atoms with E-state index in [0.717, 1.165) is 17.0 Å². The molecule has 0 fully saturated rings. The van der Waals surface area contributed by atoms with E-state index in [0.29, 0.717) is 0 Å². The number of aromatic amines is 1. The van der Waals surface area contributed by atoms with E-state index in [2.05, 4.69) is 24.0 Å². The number of ether oxygens (including phenoxy) is 1. The zero-order valence-electron chi connectivity index (χ0n) is 8.37. The summed E-state index contributed by atoms with van der Waals surface area (Å²) in [6, 6.07) is 10.1. The quantitative estimate of drug-likeness (QED) is 0.768. The lowest BCUT2D eigenvalue weighted by Crippen LogP contribution is -1.83. The van der Waals surface area contributed by atoms with Crippen LogP contribution in [0.1, 0.15) is 5.56 Å². The topological polar surface area (TPSA) is 25.0 Å². The minimum absolute atomic E-state index is 0.884. The van der Waals surface area contributed by atoms with Crippen LogP contribution in [0.15, 0.2) is 36.5 Å². The van der Waals surface area contributed by atoms with Crippen molar-refractivity contribution in [1.29, 1.82) is 0 Å². The van der Waals surface area contributed by atoms with Crippen LogP contribution in [0.4, 0.5) is 0 Å². The Morgan fingerprint density at radius 3 is 2.71 bits per heavy atom. The van der Waals surface area contributed by atoms with Crippen LogP contribution in [-0.2, 0) is 0 Å². The van der Waals surface area contributed by atoms with Gasteiger partial charge < -0.3 is 9.72 Å². The first-order chi connectivity index (χ1) is 6.79. The molecule has 2 heteroatoms. The summed E-state index contributed by atoms with van der Waals surface area (Å²) in [6.45, 7) is 2.07. The first-order valence-electron chi connectivity index (χ1n) is 4.59. The van der Waals surface area contributed by atoms with Gasteiger partial charge in [-0.25, -0.2) is 0 Å². The van der Waals surface area contributed by atoms with Crippen molar-refractivity contribution in [3.63, 3.8) is 0 Å². The van der Waals surface area contributed by atoms with Gasteiger partial charge in [0, 0.05) is 17.5 Å². The lowest BCUT2D eigenvalue weighted by atomic mass is 10.1. The van der Waals surface area contributed by atoms with Gasteiger partial charge in [-0.3, -0.25) is 0 Å². The number of rotatable bonds is 2. The minimum atomic E-state index is 0.884. The summed E-state index contributed by atoms with van der Waals surface area (Å²) >= 11 is 0. The SMILES string of the molecule is COc1cccc(-c2cc(C)c[nH]2)c1. The number of benzene rings is 1. The number of methoxy groups -OCH3 is 1. The smallest absolute Gasteiger partial charge is 0.119 e. The van der Waals surface area contributed by atoms with E-state index in [4.69, 9.17) is 4.74 Å². The Morgan fingerprint density at radius 1 is 1.21 bits per heavy atom. The summed E-state index contributed by atoms with van der Waals surface area (Å²) in [5.74, 6) is 0.884. The van der Waals surface area contributed by atoms with Crippen LogP contribution in [0, 0.1) is 6.92 Å². The molecule has 1 N–H and O–H groups in total. The lowest BCUT2D eigenvalue weighted by molar-refractivity contribution is 0.415. The van der Waals surface area contributed by atoms with Crippen LogP contribution in [0.2, 0.25) is 0 Å². The van der Waals surface area contributed by atoms with E-state index in [-0.39, 0.29) is 0 Å². The highest BCUT2D eigenvalue weighted by Crippen LogP contribution is 2.22. The largest absolute Gasteiger partial charge is 0.497 e. The first-order valence-corrected chi connectivity index (χ1v) is 4.59. The zero-order valence-corrected chi connectivity index (χ0v) is 8.37. The molecule has 0 saturated carbocycles. The molecule has 0 bridgehead atoms. The Labute approximate surface area is 83.5 Å². The fourth-order valence-electron chi connectivity index (χ4n) is 1.46. The molecule has 1 aromatic carbocycles. The third-order valence-electron chi connectivity index (χ3n) is 2.21. The number of H-pyrrole nitrogens is 1. The normalized spacial score (nSPS) is 10.1. The minimum Gasteiger partial charge on any atom is -0.497 e. The molecule has 2 aromatic rings. The summed E-state index contributed by atoms with van der Waals surface area (Å²) in [4.78, 5) is 3.22. The van der Waals surface area contributed by atoms with Crippen molar-refractivity contribution in [3.8, 4) is 17.0 Å².